The third-order valence-corrected chi connectivity index (χ3v) is 14.2. The summed E-state index contributed by atoms with van der Waals surface area (Å²) in [4.78, 5) is 35.7. The predicted molar refractivity (Wildman–Crippen MR) is 316 cm³/mol. The highest BCUT2D eigenvalue weighted by Gasteiger charge is 2.27. The van der Waals surface area contributed by atoms with E-state index in [1.807, 2.05) is 21.1 Å². The van der Waals surface area contributed by atoms with Crippen LogP contribution in [0, 0.1) is 0 Å². The van der Waals surface area contributed by atoms with Crippen LogP contribution in [0.15, 0.2) is 72.9 Å². The van der Waals surface area contributed by atoms with Crippen molar-refractivity contribution in [3.63, 3.8) is 0 Å². The maximum absolute atomic E-state index is 12.8. The number of unbranched alkanes of at least 4 members (excludes halogenated alkanes) is 30. The summed E-state index contributed by atoms with van der Waals surface area (Å²) in [6.07, 6.45) is 72.7. The number of quaternary nitrogens is 1. The highest BCUT2D eigenvalue weighted by atomic mass is 31.2. The van der Waals surface area contributed by atoms with Gasteiger partial charge in [-0.2, -0.15) is 0 Å². The van der Waals surface area contributed by atoms with Crippen LogP contribution < -0.4 is 0 Å². The Morgan fingerprint density at radius 2 is 0.770 bits per heavy atom. The van der Waals surface area contributed by atoms with Crippen LogP contribution in [0.2, 0.25) is 0 Å². The third-order valence-electron chi connectivity index (χ3n) is 13.2. The van der Waals surface area contributed by atoms with E-state index in [0.717, 1.165) is 77.0 Å². The van der Waals surface area contributed by atoms with Gasteiger partial charge in [-0.25, -0.2) is 4.57 Å². The summed E-state index contributed by atoms with van der Waals surface area (Å²) in [5.74, 6) is -0.803. The average molecular weight is 1060 g/mol. The molecule has 0 bridgehead atoms. The Kier molecular flexibility index (Phi) is 53.3. The van der Waals surface area contributed by atoms with Crippen molar-refractivity contribution in [3.8, 4) is 0 Å². The minimum atomic E-state index is -4.39. The molecule has 0 fully saturated rings. The quantitative estimate of drug-likeness (QED) is 0.0211. The normalized spacial score (nSPS) is 13.8. The van der Waals surface area contributed by atoms with E-state index in [1.165, 1.54) is 161 Å². The molecule has 0 spiro atoms. The minimum Gasteiger partial charge on any atom is -0.462 e. The van der Waals surface area contributed by atoms with Crippen LogP contribution in [-0.2, 0) is 32.7 Å². The summed E-state index contributed by atoms with van der Waals surface area (Å²) in [6, 6.07) is 0. The zero-order valence-corrected chi connectivity index (χ0v) is 49.7. The van der Waals surface area contributed by atoms with Crippen molar-refractivity contribution in [2.75, 3.05) is 47.5 Å². The monoisotopic (exact) mass is 1060 g/mol. The molecule has 430 valence electrons. The van der Waals surface area contributed by atoms with Crippen LogP contribution >= 0.6 is 7.82 Å². The Hall–Kier alpha value is -2.55. The number of esters is 2. The van der Waals surface area contributed by atoms with Gasteiger partial charge in [-0.15, -0.1) is 0 Å². The van der Waals surface area contributed by atoms with E-state index < -0.39 is 26.5 Å². The second-order valence-electron chi connectivity index (χ2n) is 21.7. The van der Waals surface area contributed by atoms with Gasteiger partial charge in [0.05, 0.1) is 27.7 Å². The molecule has 74 heavy (non-hydrogen) atoms. The van der Waals surface area contributed by atoms with Crippen LogP contribution in [0.3, 0.4) is 0 Å². The van der Waals surface area contributed by atoms with Crippen molar-refractivity contribution in [3.05, 3.63) is 72.9 Å². The number of nitrogens with zero attached hydrogens (tertiary/aromatic N) is 1. The van der Waals surface area contributed by atoms with Crippen molar-refractivity contribution in [2.45, 2.75) is 277 Å². The summed E-state index contributed by atoms with van der Waals surface area (Å²) in [6.45, 7) is 4.32. The molecule has 0 aliphatic carbocycles. The number of allylic oxidation sites excluding steroid dienone is 12. The minimum absolute atomic E-state index is 0.0285. The number of carbonyl (C=O) groups excluding carboxylic acids is 2. The fraction of sp³-hybridized carbons (Fsp3) is 0.781. The average Bonchev–Trinajstić information content (AvgIpc) is 3.36. The van der Waals surface area contributed by atoms with Crippen molar-refractivity contribution in [1.82, 2.24) is 0 Å². The molecule has 2 unspecified atom stereocenters. The molecule has 0 radical (unpaired) electrons. The summed E-state index contributed by atoms with van der Waals surface area (Å²) in [7, 11) is 1.47. The summed E-state index contributed by atoms with van der Waals surface area (Å²) in [5, 5.41) is 0. The second-order valence-corrected chi connectivity index (χ2v) is 23.2. The number of phosphoric acid groups is 1. The number of ether oxygens (including phenoxy) is 2. The molecule has 0 aromatic rings. The first kappa shape index (κ1) is 71.5. The van der Waals surface area contributed by atoms with Gasteiger partial charge < -0.3 is 18.9 Å². The molecule has 0 aliphatic heterocycles. The van der Waals surface area contributed by atoms with E-state index in [1.54, 1.807) is 0 Å². The number of phosphoric ester groups is 1. The fourth-order valence-electron chi connectivity index (χ4n) is 8.51. The van der Waals surface area contributed by atoms with Crippen LogP contribution in [-0.4, -0.2) is 74.9 Å². The highest BCUT2D eigenvalue weighted by Crippen LogP contribution is 2.43. The maximum atomic E-state index is 12.8. The molecule has 0 heterocycles. The smallest absolute Gasteiger partial charge is 0.462 e. The largest absolute Gasteiger partial charge is 0.472 e. The van der Waals surface area contributed by atoms with Gasteiger partial charge in [0.2, 0.25) is 0 Å². The van der Waals surface area contributed by atoms with Crippen molar-refractivity contribution in [1.29, 1.82) is 0 Å². The molecule has 0 saturated heterocycles. The van der Waals surface area contributed by atoms with E-state index in [9.17, 15) is 19.0 Å². The molecular formula is C64H117NO8P+. The fourth-order valence-corrected chi connectivity index (χ4v) is 9.25. The maximum Gasteiger partial charge on any atom is 0.472 e. The number of hydrogen-bond acceptors (Lipinski definition) is 7. The summed E-state index contributed by atoms with van der Waals surface area (Å²) in [5.41, 5.74) is 0. The van der Waals surface area contributed by atoms with Gasteiger partial charge in [0.25, 0.3) is 0 Å². The van der Waals surface area contributed by atoms with E-state index in [4.69, 9.17) is 18.5 Å². The van der Waals surface area contributed by atoms with Crippen molar-refractivity contribution >= 4 is 19.8 Å². The Morgan fingerprint density at radius 1 is 0.432 bits per heavy atom. The van der Waals surface area contributed by atoms with Gasteiger partial charge in [-0.1, -0.05) is 247 Å². The Bertz CT molecular complexity index is 1480. The molecule has 0 aliphatic rings. The van der Waals surface area contributed by atoms with Gasteiger partial charge in [-0.05, 0) is 83.5 Å². The topological polar surface area (TPSA) is 108 Å². The standard InChI is InChI=1S/C64H116NO8P/c1-6-8-10-12-14-16-18-20-22-24-25-26-27-28-29-30-31-32-33-34-35-36-37-38-39-41-43-45-47-49-51-53-55-57-64(67)73-62(61-72-74(68,69)71-59-58-65(3,4)5)60-70-63(66)56-54-52-50-48-46-44-42-40-23-21-19-17-15-13-11-9-7-2/h9,11,15,17-18,20-21,23-25,27-28,62H,6-8,10,12-14,16,19,22,26,29-61H2,1-5H3/p+1/b11-9-,17-15-,20-18-,23-21-,25-24-,28-27-. The Morgan fingerprint density at radius 3 is 1.15 bits per heavy atom. The van der Waals surface area contributed by atoms with Gasteiger partial charge in [0.15, 0.2) is 6.10 Å². The lowest BCUT2D eigenvalue weighted by molar-refractivity contribution is -0.870. The van der Waals surface area contributed by atoms with E-state index in [-0.39, 0.29) is 32.0 Å². The van der Waals surface area contributed by atoms with Crippen molar-refractivity contribution < 1.29 is 42.1 Å². The van der Waals surface area contributed by atoms with Gasteiger partial charge in [0, 0.05) is 12.8 Å². The second kappa shape index (κ2) is 55.2. The van der Waals surface area contributed by atoms with E-state index >= 15 is 0 Å². The zero-order chi connectivity index (χ0) is 54.2. The van der Waals surface area contributed by atoms with Crippen molar-refractivity contribution in [2.24, 2.45) is 0 Å². The number of carbonyl (C=O) groups is 2. The lowest BCUT2D eigenvalue weighted by atomic mass is 10.0. The van der Waals surface area contributed by atoms with E-state index in [2.05, 4.69) is 86.8 Å². The Labute approximate surface area is 457 Å². The molecule has 0 aromatic carbocycles. The molecule has 10 heteroatoms. The van der Waals surface area contributed by atoms with Gasteiger partial charge in [0.1, 0.15) is 19.8 Å². The van der Waals surface area contributed by atoms with Gasteiger partial charge in [-0.3, -0.25) is 18.6 Å². The molecule has 0 rings (SSSR count). The molecule has 1 N–H and O–H groups in total. The lowest BCUT2D eigenvalue weighted by Gasteiger charge is -2.24. The van der Waals surface area contributed by atoms with Crippen LogP contribution in [0.4, 0.5) is 0 Å². The third kappa shape index (κ3) is 58.7. The number of hydrogen-bond donors (Lipinski definition) is 1. The first-order valence-electron chi connectivity index (χ1n) is 30.7. The molecular weight excluding hydrogens is 942 g/mol. The molecule has 0 aromatic heterocycles. The molecule has 0 amide bonds. The first-order chi connectivity index (χ1) is 36.0. The summed E-state index contributed by atoms with van der Waals surface area (Å²) < 4.78 is 34.6. The Balaban J connectivity index is 4.05. The highest BCUT2D eigenvalue weighted by molar-refractivity contribution is 7.47. The molecule has 9 nitrogen and oxygen atoms in total. The summed E-state index contributed by atoms with van der Waals surface area (Å²) >= 11 is 0. The molecule has 0 saturated carbocycles. The zero-order valence-electron chi connectivity index (χ0n) is 48.8. The number of rotatable bonds is 56. The predicted octanol–water partition coefficient (Wildman–Crippen LogP) is 19.3. The van der Waals surface area contributed by atoms with E-state index in [0.29, 0.717) is 17.4 Å². The number of likely N-dealkylation sites (N-methyl/N-ethyl adjacent to an activating group) is 1. The van der Waals surface area contributed by atoms with Crippen LogP contribution in [0.25, 0.3) is 0 Å². The SMILES string of the molecule is CC/C=C\C/C=C\C/C=C\CCCCCCCCCC(=O)OCC(COP(=O)(O)OCC[N+](C)(C)C)OC(=O)CCCCCCCCCCCCCCCCCCCC/C=C\C/C=C\C/C=C\CCCCCCC. The van der Waals surface area contributed by atoms with Crippen LogP contribution in [0.1, 0.15) is 271 Å². The van der Waals surface area contributed by atoms with Crippen LogP contribution in [0.5, 0.6) is 0 Å². The molecule has 2 atom stereocenters. The lowest BCUT2D eigenvalue weighted by Crippen LogP contribution is -2.37. The first-order valence-corrected chi connectivity index (χ1v) is 32.2. The van der Waals surface area contributed by atoms with Gasteiger partial charge >= 0.3 is 19.8 Å².